The van der Waals surface area contributed by atoms with Crippen LogP contribution in [0.2, 0.25) is 0 Å². The predicted molar refractivity (Wildman–Crippen MR) is 129 cm³/mol. The van der Waals surface area contributed by atoms with Crippen molar-refractivity contribution in [2.24, 2.45) is 5.92 Å². The van der Waals surface area contributed by atoms with Crippen molar-refractivity contribution in [1.82, 2.24) is 5.32 Å². The average Bonchev–Trinajstić information content (AvgIpc) is 3.26. The molecule has 2 aromatic rings. The third kappa shape index (κ3) is 7.04. The summed E-state index contributed by atoms with van der Waals surface area (Å²) in [7, 11) is 0. The molecule has 3 rings (SSSR count). The second kappa shape index (κ2) is 11.3. The van der Waals surface area contributed by atoms with E-state index >= 15 is 0 Å². The van der Waals surface area contributed by atoms with Gasteiger partial charge in [0, 0.05) is 6.61 Å². The minimum atomic E-state index is -0.307. The lowest BCUT2D eigenvalue weighted by Crippen LogP contribution is -2.36. The molecule has 2 unspecified atom stereocenters. The molecule has 1 amide bonds. The first-order chi connectivity index (χ1) is 14.9. The molecule has 1 heterocycles. The number of nitrogens with one attached hydrogen (secondary N) is 2. The Labute approximate surface area is 190 Å². The lowest BCUT2D eigenvalue weighted by molar-refractivity contribution is -0.120. The molecule has 1 fully saturated rings. The molecule has 2 aromatic carbocycles. The molecule has 0 bridgehead atoms. The van der Waals surface area contributed by atoms with E-state index in [0.717, 1.165) is 37.1 Å². The zero-order chi connectivity index (χ0) is 22.2. The Hall–Kier alpha value is -2.44. The number of carbonyl (C=O) groups is 1. The van der Waals surface area contributed by atoms with Crippen molar-refractivity contribution in [2.75, 3.05) is 18.5 Å². The monoisotopic (exact) mass is 440 g/mol. The first-order valence-corrected chi connectivity index (χ1v) is 11.4. The predicted octanol–water partition coefficient (Wildman–Crippen LogP) is 5.06. The van der Waals surface area contributed by atoms with Crippen molar-refractivity contribution in [3.8, 4) is 5.75 Å². The summed E-state index contributed by atoms with van der Waals surface area (Å²) < 4.78 is 11.5. The number of anilines is 1. The molecule has 1 saturated heterocycles. The largest absolute Gasteiger partial charge is 0.489 e. The van der Waals surface area contributed by atoms with Crippen molar-refractivity contribution in [3.63, 3.8) is 0 Å². The Bertz CT molecular complexity index is 877. The van der Waals surface area contributed by atoms with Gasteiger partial charge in [-0.1, -0.05) is 50.2 Å². The van der Waals surface area contributed by atoms with Crippen LogP contribution in [-0.2, 0) is 16.0 Å². The van der Waals surface area contributed by atoms with Gasteiger partial charge in [-0.3, -0.25) is 4.79 Å². The normalized spacial score (nSPS) is 16.7. The van der Waals surface area contributed by atoms with Crippen molar-refractivity contribution in [3.05, 3.63) is 59.7 Å². The molecule has 0 spiro atoms. The van der Waals surface area contributed by atoms with Crippen LogP contribution >= 0.6 is 12.2 Å². The van der Waals surface area contributed by atoms with E-state index in [1.54, 1.807) is 0 Å². The van der Waals surface area contributed by atoms with Gasteiger partial charge < -0.3 is 20.1 Å². The van der Waals surface area contributed by atoms with Gasteiger partial charge in [0.25, 0.3) is 0 Å². The van der Waals surface area contributed by atoms with Crippen molar-refractivity contribution in [1.29, 1.82) is 0 Å². The highest BCUT2D eigenvalue weighted by Gasteiger charge is 2.19. The van der Waals surface area contributed by atoms with Gasteiger partial charge in [0.05, 0.1) is 17.7 Å². The third-order valence-electron chi connectivity index (χ3n) is 5.34. The second-order valence-electron chi connectivity index (χ2n) is 8.45. The average molecular weight is 441 g/mol. The Kier molecular flexibility index (Phi) is 8.43. The van der Waals surface area contributed by atoms with Crippen LogP contribution in [0, 0.1) is 5.92 Å². The fraction of sp³-hybridized carbons (Fsp3) is 0.440. The summed E-state index contributed by atoms with van der Waals surface area (Å²) in [6.07, 6.45) is 3.25. The fourth-order valence-corrected chi connectivity index (χ4v) is 3.80. The quantitative estimate of drug-likeness (QED) is 0.562. The first kappa shape index (κ1) is 23.2. The van der Waals surface area contributed by atoms with Crippen LogP contribution in [0.25, 0.3) is 0 Å². The second-order valence-corrected chi connectivity index (χ2v) is 8.86. The number of thiocarbonyl (C=S) groups is 1. The molecule has 31 heavy (non-hydrogen) atoms. The highest BCUT2D eigenvalue weighted by Crippen LogP contribution is 2.25. The molecule has 0 radical (unpaired) electrons. The van der Waals surface area contributed by atoms with E-state index in [-0.39, 0.29) is 23.0 Å². The zero-order valence-electron chi connectivity index (χ0n) is 18.5. The van der Waals surface area contributed by atoms with Crippen LogP contribution in [-0.4, -0.2) is 30.3 Å². The standard InChI is InChI=1S/C25H32N2O3S/c1-17(2)15-19-10-12-20(13-11-19)18(3)24(28)27-25(31)26-22-8-4-5-9-23(22)30-16-21-7-6-14-29-21/h4-5,8-13,17-18,21H,6-7,14-16H2,1-3H3,(H2,26,27,28,31). The molecule has 5 nitrogen and oxygen atoms in total. The number of para-hydroxylation sites is 2. The lowest BCUT2D eigenvalue weighted by Gasteiger charge is -2.17. The van der Waals surface area contributed by atoms with Gasteiger partial charge >= 0.3 is 0 Å². The van der Waals surface area contributed by atoms with E-state index in [1.165, 1.54) is 5.56 Å². The van der Waals surface area contributed by atoms with Gasteiger partial charge in [0.1, 0.15) is 12.4 Å². The molecule has 2 N–H and O–H groups in total. The minimum absolute atomic E-state index is 0.132. The lowest BCUT2D eigenvalue weighted by atomic mass is 9.96. The third-order valence-corrected chi connectivity index (χ3v) is 5.54. The molecule has 1 aliphatic heterocycles. The van der Waals surface area contributed by atoms with Gasteiger partial charge in [-0.25, -0.2) is 0 Å². The maximum atomic E-state index is 12.7. The summed E-state index contributed by atoms with van der Waals surface area (Å²) >= 11 is 5.38. The van der Waals surface area contributed by atoms with Crippen molar-refractivity contribution < 1.29 is 14.3 Å². The van der Waals surface area contributed by atoms with Crippen LogP contribution in [0.1, 0.15) is 50.7 Å². The molecule has 6 heteroatoms. The smallest absolute Gasteiger partial charge is 0.233 e. The molecular formula is C25H32N2O3S. The van der Waals surface area contributed by atoms with Crippen molar-refractivity contribution in [2.45, 2.75) is 52.1 Å². The summed E-state index contributed by atoms with van der Waals surface area (Å²) in [6.45, 7) is 7.58. The van der Waals surface area contributed by atoms with Crippen molar-refractivity contribution >= 4 is 28.9 Å². The number of amides is 1. The molecule has 0 saturated carbocycles. The number of rotatable bonds is 8. The van der Waals surface area contributed by atoms with Crippen LogP contribution in [0.3, 0.4) is 0 Å². The van der Waals surface area contributed by atoms with Gasteiger partial charge in [-0.15, -0.1) is 0 Å². The van der Waals surface area contributed by atoms with E-state index in [4.69, 9.17) is 21.7 Å². The summed E-state index contributed by atoms with van der Waals surface area (Å²) in [5, 5.41) is 6.14. The van der Waals surface area contributed by atoms with E-state index in [0.29, 0.717) is 18.3 Å². The number of hydrogen-bond acceptors (Lipinski definition) is 4. The Morgan fingerprint density at radius 1 is 1.16 bits per heavy atom. The first-order valence-electron chi connectivity index (χ1n) is 11.0. The van der Waals surface area contributed by atoms with Crippen LogP contribution in [0.4, 0.5) is 5.69 Å². The number of hydrogen-bond donors (Lipinski definition) is 2. The minimum Gasteiger partial charge on any atom is -0.489 e. The molecule has 166 valence electrons. The molecule has 0 aromatic heterocycles. The number of ether oxygens (including phenoxy) is 2. The van der Waals surface area contributed by atoms with Crippen LogP contribution in [0.5, 0.6) is 5.75 Å². The van der Waals surface area contributed by atoms with Gasteiger partial charge in [0.2, 0.25) is 5.91 Å². The topological polar surface area (TPSA) is 59.6 Å². The highest BCUT2D eigenvalue weighted by molar-refractivity contribution is 7.80. The summed E-state index contributed by atoms with van der Waals surface area (Å²) in [6, 6.07) is 15.8. The van der Waals surface area contributed by atoms with Crippen LogP contribution in [0.15, 0.2) is 48.5 Å². The van der Waals surface area contributed by atoms with Gasteiger partial charge in [-0.05, 0) is 67.6 Å². The zero-order valence-corrected chi connectivity index (χ0v) is 19.3. The molecular weight excluding hydrogens is 408 g/mol. The SMILES string of the molecule is CC(C)Cc1ccc(C(C)C(=O)NC(=S)Nc2ccccc2OCC2CCCO2)cc1. The highest BCUT2D eigenvalue weighted by atomic mass is 32.1. The van der Waals surface area contributed by atoms with Crippen LogP contribution < -0.4 is 15.4 Å². The summed E-state index contributed by atoms with van der Waals surface area (Å²) in [4.78, 5) is 12.7. The van der Waals surface area contributed by atoms with E-state index in [1.807, 2.05) is 43.3 Å². The molecule has 1 aliphatic rings. The van der Waals surface area contributed by atoms with E-state index in [9.17, 15) is 4.79 Å². The maximum absolute atomic E-state index is 12.7. The summed E-state index contributed by atoms with van der Waals surface area (Å²) in [5.41, 5.74) is 2.97. The summed E-state index contributed by atoms with van der Waals surface area (Å²) in [5.74, 6) is 0.835. The van der Waals surface area contributed by atoms with Gasteiger partial charge in [-0.2, -0.15) is 0 Å². The molecule has 2 atom stereocenters. The Morgan fingerprint density at radius 3 is 2.58 bits per heavy atom. The number of carbonyl (C=O) groups excluding carboxylic acids is 1. The Morgan fingerprint density at radius 2 is 1.90 bits per heavy atom. The van der Waals surface area contributed by atoms with E-state index in [2.05, 4.69) is 36.6 Å². The van der Waals surface area contributed by atoms with Gasteiger partial charge in [0.15, 0.2) is 5.11 Å². The Balaban J connectivity index is 1.54. The fourth-order valence-electron chi connectivity index (χ4n) is 3.59. The molecule has 0 aliphatic carbocycles. The number of benzene rings is 2. The van der Waals surface area contributed by atoms with E-state index < -0.39 is 0 Å². The maximum Gasteiger partial charge on any atom is 0.233 e.